The summed E-state index contributed by atoms with van der Waals surface area (Å²) in [5.74, 6) is 0. The molecule has 0 aromatic heterocycles. The summed E-state index contributed by atoms with van der Waals surface area (Å²) < 4.78 is 0. The molecule has 0 saturated heterocycles. The number of aliphatic hydroxyl groups excluding tert-OH is 1. The number of rotatable bonds is 6. The molecule has 0 amide bonds. The Morgan fingerprint density at radius 2 is 1.86 bits per heavy atom. The summed E-state index contributed by atoms with van der Waals surface area (Å²) in [6.45, 7) is 0. The number of aliphatic hydroxyl groups is 1. The van der Waals surface area contributed by atoms with Crippen LogP contribution in [0.4, 0.5) is 0 Å². The highest BCUT2D eigenvalue weighted by atomic mass is 79.9. The van der Waals surface area contributed by atoms with Crippen molar-refractivity contribution >= 4 is 15.9 Å². The molecule has 78 valence electrons. The lowest BCUT2D eigenvalue weighted by molar-refractivity contribution is 0.162. The molecule has 0 aliphatic rings. The van der Waals surface area contributed by atoms with E-state index >= 15 is 0 Å². The highest BCUT2D eigenvalue weighted by molar-refractivity contribution is 9.09. The van der Waals surface area contributed by atoms with E-state index in [2.05, 4.69) is 28.1 Å². The van der Waals surface area contributed by atoms with Crippen molar-refractivity contribution < 1.29 is 5.11 Å². The van der Waals surface area contributed by atoms with E-state index in [0.29, 0.717) is 0 Å². The van der Waals surface area contributed by atoms with Crippen LogP contribution in [0.1, 0.15) is 24.8 Å². The minimum atomic E-state index is -0.184. The van der Waals surface area contributed by atoms with Gasteiger partial charge in [0.05, 0.1) is 6.10 Å². The summed E-state index contributed by atoms with van der Waals surface area (Å²) in [5, 5.41) is 10.7. The normalized spacial score (nSPS) is 12.7. The van der Waals surface area contributed by atoms with Crippen LogP contribution in [0, 0.1) is 0 Å². The van der Waals surface area contributed by atoms with E-state index in [1.54, 1.807) is 0 Å². The van der Waals surface area contributed by atoms with Crippen LogP contribution in [0.3, 0.4) is 0 Å². The molecule has 0 spiro atoms. The maximum Gasteiger partial charge on any atom is 0.0580 e. The molecular weight excluding hydrogens is 240 g/mol. The van der Waals surface area contributed by atoms with Gasteiger partial charge in [-0.3, -0.25) is 0 Å². The molecule has 0 radical (unpaired) electrons. The van der Waals surface area contributed by atoms with Crippen LogP contribution in [0.5, 0.6) is 0 Å². The Morgan fingerprint density at radius 1 is 1.14 bits per heavy atom. The maximum absolute atomic E-state index is 9.71. The minimum Gasteiger partial charge on any atom is -0.393 e. The molecule has 0 aliphatic carbocycles. The summed E-state index contributed by atoms with van der Waals surface area (Å²) in [4.78, 5) is 0. The van der Waals surface area contributed by atoms with Crippen molar-refractivity contribution in [3.05, 3.63) is 35.9 Å². The van der Waals surface area contributed by atoms with Crippen molar-refractivity contribution in [1.82, 2.24) is 0 Å². The smallest absolute Gasteiger partial charge is 0.0580 e. The number of hydrogen-bond acceptors (Lipinski definition) is 1. The Kier molecular flexibility index (Phi) is 5.88. The van der Waals surface area contributed by atoms with E-state index in [1.807, 2.05) is 18.2 Å². The van der Waals surface area contributed by atoms with Crippen molar-refractivity contribution in [1.29, 1.82) is 0 Å². The third-order valence-electron chi connectivity index (χ3n) is 2.24. The van der Waals surface area contributed by atoms with Crippen LogP contribution in [0.2, 0.25) is 0 Å². The van der Waals surface area contributed by atoms with Gasteiger partial charge in [-0.1, -0.05) is 52.7 Å². The van der Waals surface area contributed by atoms with E-state index < -0.39 is 0 Å². The second-order valence-electron chi connectivity index (χ2n) is 3.53. The summed E-state index contributed by atoms with van der Waals surface area (Å²) in [5.41, 5.74) is 1.22. The predicted molar refractivity (Wildman–Crippen MR) is 63.8 cm³/mol. The van der Waals surface area contributed by atoms with Gasteiger partial charge in [0.2, 0.25) is 0 Å². The van der Waals surface area contributed by atoms with Gasteiger partial charge in [0.25, 0.3) is 0 Å². The minimum absolute atomic E-state index is 0.184. The molecule has 0 saturated carbocycles. The van der Waals surface area contributed by atoms with Gasteiger partial charge in [-0.25, -0.2) is 0 Å². The lowest BCUT2D eigenvalue weighted by Crippen LogP contribution is -2.10. The standard InChI is InChI=1S/C12H17BrO/c13-9-5-4-8-12(14)10-11-6-2-1-3-7-11/h1-3,6-7,12,14H,4-5,8-10H2. The lowest BCUT2D eigenvalue weighted by Gasteiger charge is -2.09. The van der Waals surface area contributed by atoms with Crippen molar-refractivity contribution in [3.63, 3.8) is 0 Å². The van der Waals surface area contributed by atoms with Gasteiger partial charge < -0.3 is 5.11 Å². The van der Waals surface area contributed by atoms with Crippen LogP contribution < -0.4 is 0 Å². The first-order valence-corrected chi connectivity index (χ1v) is 6.23. The van der Waals surface area contributed by atoms with E-state index in [9.17, 15) is 5.11 Å². The molecular formula is C12H17BrO. The molecule has 1 rings (SSSR count). The van der Waals surface area contributed by atoms with E-state index in [0.717, 1.165) is 31.0 Å². The topological polar surface area (TPSA) is 20.2 Å². The summed E-state index contributed by atoms with van der Waals surface area (Å²) in [6.07, 6.45) is 3.74. The van der Waals surface area contributed by atoms with Gasteiger partial charge in [-0.05, 0) is 24.8 Å². The molecule has 2 heteroatoms. The van der Waals surface area contributed by atoms with Crippen molar-refractivity contribution in [2.75, 3.05) is 5.33 Å². The Balaban J connectivity index is 2.23. The van der Waals surface area contributed by atoms with Crippen LogP contribution in [0.15, 0.2) is 30.3 Å². The zero-order chi connectivity index (χ0) is 10.2. The average Bonchev–Trinajstić information content (AvgIpc) is 2.20. The summed E-state index contributed by atoms with van der Waals surface area (Å²) >= 11 is 3.38. The maximum atomic E-state index is 9.71. The zero-order valence-electron chi connectivity index (χ0n) is 8.32. The largest absolute Gasteiger partial charge is 0.393 e. The highest BCUT2D eigenvalue weighted by Crippen LogP contribution is 2.09. The first-order valence-electron chi connectivity index (χ1n) is 5.11. The Labute approximate surface area is 94.3 Å². The summed E-state index contributed by atoms with van der Waals surface area (Å²) in [7, 11) is 0. The fourth-order valence-electron chi connectivity index (χ4n) is 1.46. The van der Waals surface area contributed by atoms with Gasteiger partial charge in [0, 0.05) is 5.33 Å². The van der Waals surface area contributed by atoms with E-state index in [-0.39, 0.29) is 6.10 Å². The number of alkyl halides is 1. The molecule has 1 aromatic rings. The quantitative estimate of drug-likeness (QED) is 0.613. The van der Waals surface area contributed by atoms with Crippen molar-refractivity contribution in [2.45, 2.75) is 31.8 Å². The first kappa shape index (κ1) is 11.7. The van der Waals surface area contributed by atoms with Crippen LogP contribution in [0.25, 0.3) is 0 Å². The Hall–Kier alpha value is -0.340. The van der Waals surface area contributed by atoms with Crippen molar-refractivity contribution in [2.24, 2.45) is 0 Å². The molecule has 0 heterocycles. The SMILES string of the molecule is OC(CCCCBr)Cc1ccccc1. The zero-order valence-corrected chi connectivity index (χ0v) is 9.91. The fraction of sp³-hybridized carbons (Fsp3) is 0.500. The molecule has 0 fully saturated rings. The highest BCUT2D eigenvalue weighted by Gasteiger charge is 2.04. The molecule has 1 aromatic carbocycles. The monoisotopic (exact) mass is 256 g/mol. The Bertz CT molecular complexity index is 235. The Morgan fingerprint density at radius 3 is 2.50 bits per heavy atom. The number of unbranched alkanes of at least 4 members (excludes halogenated alkanes) is 1. The van der Waals surface area contributed by atoms with Gasteiger partial charge in [0.15, 0.2) is 0 Å². The third-order valence-corrected chi connectivity index (χ3v) is 2.80. The molecule has 1 nitrogen and oxygen atoms in total. The van der Waals surface area contributed by atoms with Gasteiger partial charge in [0.1, 0.15) is 0 Å². The van der Waals surface area contributed by atoms with E-state index in [1.165, 1.54) is 5.56 Å². The predicted octanol–water partition coefficient (Wildman–Crippen LogP) is 3.16. The van der Waals surface area contributed by atoms with Gasteiger partial charge in [-0.15, -0.1) is 0 Å². The van der Waals surface area contributed by atoms with Crippen LogP contribution in [-0.4, -0.2) is 16.5 Å². The third kappa shape index (κ3) is 4.77. The van der Waals surface area contributed by atoms with Crippen LogP contribution >= 0.6 is 15.9 Å². The molecule has 1 unspecified atom stereocenters. The first-order chi connectivity index (χ1) is 6.83. The van der Waals surface area contributed by atoms with Crippen molar-refractivity contribution in [3.8, 4) is 0 Å². The molecule has 1 N–H and O–H groups in total. The van der Waals surface area contributed by atoms with Gasteiger partial charge in [-0.2, -0.15) is 0 Å². The summed E-state index contributed by atoms with van der Waals surface area (Å²) in [6, 6.07) is 10.2. The molecule has 1 atom stereocenters. The number of hydrogen-bond donors (Lipinski definition) is 1. The molecule has 0 bridgehead atoms. The van der Waals surface area contributed by atoms with E-state index in [4.69, 9.17) is 0 Å². The second kappa shape index (κ2) is 7.02. The van der Waals surface area contributed by atoms with Crippen LogP contribution in [-0.2, 0) is 6.42 Å². The molecule has 14 heavy (non-hydrogen) atoms. The second-order valence-corrected chi connectivity index (χ2v) is 4.32. The fourth-order valence-corrected chi connectivity index (χ4v) is 1.86. The number of benzene rings is 1. The molecule has 0 aliphatic heterocycles. The lowest BCUT2D eigenvalue weighted by atomic mass is 10.0. The van der Waals surface area contributed by atoms with Gasteiger partial charge >= 0.3 is 0 Å². The number of halogens is 1. The average molecular weight is 257 g/mol.